The lowest BCUT2D eigenvalue weighted by atomic mass is 10.1. The minimum absolute atomic E-state index is 0.405. The number of nitriles is 1. The molecule has 0 aliphatic carbocycles. The molecular formula is C12H15N3O2. The molecule has 90 valence electrons. The van der Waals surface area contributed by atoms with Crippen molar-refractivity contribution in [3.8, 4) is 6.07 Å². The van der Waals surface area contributed by atoms with Gasteiger partial charge in [-0.2, -0.15) is 5.26 Å². The van der Waals surface area contributed by atoms with Gasteiger partial charge in [0.1, 0.15) is 11.9 Å². The molecular weight excluding hydrogens is 218 g/mol. The van der Waals surface area contributed by atoms with Gasteiger partial charge in [-0.15, -0.1) is 0 Å². The maximum atomic E-state index is 10.6. The number of carbonyl (C=O) groups is 1. The van der Waals surface area contributed by atoms with Crippen LogP contribution in [0.25, 0.3) is 0 Å². The van der Waals surface area contributed by atoms with Crippen LogP contribution in [0.5, 0.6) is 0 Å². The third-order valence-electron chi connectivity index (χ3n) is 2.45. The number of carboxylic acid groups (broad SMARTS) is 1. The summed E-state index contributed by atoms with van der Waals surface area (Å²) in [6, 6.07) is 5.51. The number of pyridine rings is 1. The van der Waals surface area contributed by atoms with E-state index >= 15 is 0 Å². The van der Waals surface area contributed by atoms with Gasteiger partial charge in [-0.1, -0.05) is 6.92 Å². The van der Waals surface area contributed by atoms with Gasteiger partial charge in [0.15, 0.2) is 0 Å². The maximum absolute atomic E-state index is 10.6. The minimum Gasteiger partial charge on any atom is -0.481 e. The zero-order chi connectivity index (χ0) is 12.8. The van der Waals surface area contributed by atoms with Crippen LogP contribution in [0.3, 0.4) is 0 Å². The van der Waals surface area contributed by atoms with Gasteiger partial charge < -0.3 is 10.4 Å². The summed E-state index contributed by atoms with van der Waals surface area (Å²) in [7, 11) is 0. The summed E-state index contributed by atoms with van der Waals surface area (Å²) < 4.78 is 0. The van der Waals surface area contributed by atoms with Crippen LogP contribution in [0.4, 0.5) is 5.82 Å². The highest BCUT2D eigenvalue weighted by atomic mass is 16.4. The van der Waals surface area contributed by atoms with Gasteiger partial charge in [0.05, 0.1) is 11.5 Å². The molecule has 0 aliphatic rings. The van der Waals surface area contributed by atoms with Gasteiger partial charge in [0, 0.05) is 12.2 Å². The number of aliphatic carboxylic acids is 1. The molecule has 1 rings (SSSR count). The zero-order valence-corrected chi connectivity index (χ0v) is 9.90. The summed E-state index contributed by atoms with van der Waals surface area (Å²) in [5.41, 5.74) is 1.29. The molecule has 0 aliphatic heterocycles. The quantitative estimate of drug-likeness (QED) is 0.809. The van der Waals surface area contributed by atoms with Gasteiger partial charge in [-0.05, 0) is 25.5 Å². The fourth-order valence-electron chi connectivity index (χ4n) is 1.31. The Balaban J connectivity index is 2.60. The summed E-state index contributed by atoms with van der Waals surface area (Å²) >= 11 is 0. The van der Waals surface area contributed by atoms with Crippen molar-refractivity contribution in [1.29, 1.82) is 5.26 Å². The van der Waals surface area contributed by atoms with E-state index in [-0.39, 0.29) is 0 Å². The number of carboxylic acids is 1. The van der Waals surface area contributed by atoms with E-state index in [1.807, 2.05) is 13.0 Å². The Hall–Kier alpha value is -2.09. The molecule has 0 saturated carbocycles. The van der Waals surface area contributed by atoms with Crippen LogP contribution in [0.2, 0.25) is 0 Å². The summed E-state index contributed by atoms with van der Waals surface area (Å²) in [6.07, 6.45) is 0.496. The second-order valence-corrected chi connectivity index (χ2v) is 3.92. The van der Waals surface area contributed by atoms with Gasteiger partial charge in [-0.3, -0.25) is 4.79 Å². The Labute approximate surface area is 100 Å². The van der Waals surface area contributed by atoms with E-state index in [0.29, 0.717) is 24.3 Å². The number of hydrogen-bond acceptors (Lipinski definition) is 4. The molecule has 1 aromatic rings. The third-order valence-corrected chi connectivity index (χ3v) is 2.45. The highest BCUT2D eigenvalue weighted by Crippen LogP contribution is 2.12. The molecule has 0 spiro atoms. The molecule has 0 amide bonds. The summed E-state index contributed by atoms with van der Waals surface area (Å²) in [5, 5.41) is 20.6. The molecule has 2 N–H and O–H groups in total. The number of anilines is 1. The first kappa shape index (κ1) is 13.0. The van der Waals surface area contributed by atoms with Crippen molar-refractivity contribution < 1.29 is 9.90 Å². The van der Waals surface area contributed by atoms with Crippen LogP contribution < -0.4 is 5.32 Å². The fraction of sp³-hybridized carbons (Fsp3) is 0.417. The molecule has 1 unspecified atom stereocenters. The SMILES string of the molecule is Cc1ccc(C#N)c(NCCC(C)C(=O)O)n1. The van der Waals surface area contributed by atoms with E-state index in [4.69, 9.17) is 10.4 Å². The molecule has 0 radical (unpaired) electrons. The summed E-state index contributed by atoms with van der Waals surface area (Å²) in [5.74, 6) is -0.701. The predicted octanol–water partition coefficient (Wildman–Crippen LogP) is 1.78. The second-order valence-electron chi connectivity index (χ2n) is 3.92. The monoisotopic (exact) mass is 233 g/mol. The Kier molecular flexibility index (Phi) is 4.46. The molecule has 5 nitrogen and oxygen atoms in total. The molecule has 1 atom stereocenters. The second kappa shape index (κ2) is 5.85. The van der Waals surface area contributed by atoms with Gasteiger partial charge in [0.25, 0.3) is 0 Å². The van der Waals surface area contributed by atoms with Crippen LogP contribution >= 0.6 is 0 Å². The van der Waals surface area contributed by atoms with Crippen LogP contribution in [-0.2, 0) is 4.79 Å². The van der Waals surface area contributed by atoms with Crippen molar-refractivity contribution in [1.82, 2.24) is 4.98 Å². The molecule has 0 aromatic carbocycles. The number of nitrogens with one attached hydrogen (secondary N) is 1. The van der Waals surface area contributed by atoms with Gasteiger partial charge >= 0.3 is 5.97 Å². The van der Waals surface area contributed by atoms with Gasteiger partial charge in [0.2, 0.25) is 0 Å². The van der Waals surface area contributed by atoms with E-state index in [9.17, 15) is 4.79 Å². The number of aryl methyl sites for hydroxylation is 1. The van der Waals surface area contributed by atoms with Crippen molar-refractivity contribution in [2.75, 3.05) is 11.9 Å². The molecule has 17 heavy (non-hydrogen) atoms. The number of hydrogen-bond donors (Lipinski definition) is 2. The first-order chi connectivity index (χ1) is 8.04. The predicted molar refractivity (Wildman–Crippen MR) is 63.6 cm³/mol. The smallest absolute Gasteiger partial charge is 0.306 e. The van der Waals surface area contributed by atoms with E-state index in [2.05, 4.69) is 10.3 Å². The Bertz CT molecular complexity index is 452. The van der Waals surface area contributed by atoms with E-state index < -0.39 is 11.9 Å². The van der Waals surface area contributed by atoms with Crippen molar-refractivity contribution in [3.05, 3.63) is 23.4 Å². The standard InChI is InChI=1S/C12H15N3O2/c1-8(12(16)17)5-6-14-11-10(7-13)4-3-9(2)15-11/h3-4,8H,5-6H2,1-2H3,(H,14,15)(H,16,17). The van der Waals surface area contributed by atoms with E-state index in [1.165, 1.54) is 0 Å². The highest BCUT2D eigenvalue weighted by molar-refractivity contribution is 5.69. The molecule has 1 aromatic heterocycles. The molecule has 5 heteroatoms. The fourth-order valence-corrected chi connectivity index (χ4v) is 1.31. The van der Waals surface area contributed by atoms with E-state index in [1.54, 1.807) is 19.1 Å². The minimum atomic E-state index is -0.815. The molecule has 0 bridgehead atoms. The van der Waals surface area contributed by atoms with Crippen LogP contribution in [-0.4, -0.2) is 22.6 Å². The first-order valence-corrected chi connectivity index (χ1v) is 5.39. The van der Waals surface area contributed by atoms with Crippen molar-refractivity contribution >= 4 is 11.8 Å². The van der Waals surface area contributed by atoms with Crippen molar-refractivity contribution in [3.63, 3.8) is 0 Å². The lowest BCUT2D eigenvalue weighted by Crippen LogP contribution is -2.15. The number of nitrogens with zero attached hydrogens (tertiary/aromatic N) is 2. The lowest BCUT2D eigenvalue weighted by molar-refractivity contribution is -0.141. The third kappa shape index (κ3) is 3.76. The maximum Gasteiger partial charge on any atom is 0.306 e. The number of aromatic nitrogens is 1. The summed E-state index contributed by atoms with van der Waals surface area (Å²) in [4.78, 5) is 14.8. The molecule has 0 saturated heterocycles. The number of rotatable bonds is 5. The Morgan fingerprint density at radius 2 is 2.35 bits per heavy atom. The van der Waals surface area contributed by atoms with Crippen LogP contribution in [0, 0.1) is 24.2 Å². The normalized spacial score (nSPS) is 11.6. The molecule has 0 fully saturated rings. The van der Waals surface area contributed by atoms with Crippen LogP contribution in [0.1, 0.15) is 24.6 Å². The summed E-state index contributed by atoms with van der Waals surface area (Å²) in [6.45, 7) is 3.98. The average Bonchev–Trinajstić information content (AvgIpc) is 2.29. The largest absolute Gasteiger partial charge is 0.481 e. The van der Waals surface area contributed by atoms with Crippen molar-refractivity contribution in [2.45, 2.75) is 20.3 Å². The average molecular weight is 233 g/mol. The lowest BCUT2D eigenvalue weighted by Gasteiger charge is -2.09. The molecule has 1 heterocycles. The first-order valence-electron chi connectivity index (χ1n) is 5.39. The Morgan fingerprint density at radius 1 is 1.65 bits per heavy atom. The van der Waals surface area contributed by atoms with Crippen molar-refractivity contribution in [2.24, 2.45) is 5.92 Å². The zero-order valence-electron chi connectivity index (χ0n) is 9.90. The Morgan fingerprint density at radius 3 is 2.94 bits per heavy atom. The highest BCUT2D eigenvalue weighted by Gasteiger charge is 2.10. The topological polar surface area (TPSA) is 86.0 Å². The van der Waals surface area contributed by atoms with E-state index in [0.717, 1.165) is 5.69 Å². The van der Waals surface area contributed by atoms with Gasteiger partial charge in [-0.25, -0.2) is 4.98 Å². The van der Waals surface area contributed by atoms with Crippen LogP contribution in [0.15, 0.2) is 12.1 Å².